The van der Waals surface area contributed by atoms with Gasteiger partial charge in [0.25, 0.3) is 0 Å². The maximum atomic E-state index is 11.9. The highest BCUT2D eigenvalue weighted by molar-refractivity contribution is 5.77. The molecular formula is C18H22O6. The van der Waals surface area contributed by atoms with Crippen LogP contribution in [0, 0.1) is 5.92 Å². The zero-order valence-electron chi connectivity index (χ0n) is 13.6. The van der Waals surface area contributed by atoms with Crippen LogP contribution in [0.25, 0.3) is 0 Å². The van der Waals surface area contributed by atoms with Crippen molar-refractivity contribution in [1.82, 2.24) is 0 Å². The van der Waals surface area contributed by atoms with Gasteiger partial charge in [0.2, 0.25) is 0 Å². The van der Waals surface area contributed by atoms with Gasteiger partial charge in [0.15, 0.2) is 11.5 Å². The average Bonchev–Trinajstić information content (AvgIpc) is 2.56. The molecule has 0 radical (unpaired) electrons. The van der Waals surface area contributed by atoms with Crippen LogP contribution in [-0.4, -0.2) is 35.4 Å². The van der Waals surface area contributed by atoms with E-state index in [-0.39, 0.29) is 36.9 Å². The molecule has 1 aromatic carbocycles. The van der Waals surface area contributed by atoms with E-state index < -0.39 is 5.97 Å². The van der Waals surface area contributed by atoms with Crippen LogP contribution in [0.15, 0.2) is 29.8 Å². The van der Waals surface area contributed by atoms with E-state index in [9.17, 15) is 24.6 Å². The fourth-order valence-corrected chi connectivity index (χ4v) is 2.32. The maximum Gasteiger partial charge on any atom is 0.306 e. The Morgan fingerprint density at radius 1 is 1.25 bits per heavy atom. The van der Waals surface area contributed by atoms with Crippen molar-refractivity contribution in [1.29, 1.82) is 0 Å². The highest BCUT2D eigenvalue weighted by Crippen LogP contribution is 2.25. The molecule has 6 nitrogen and oxygen atoms in total. The van der Waals surface area contributed by atoms with Crippen LogP contribution in [0.2, 0.25) is 0 Å². The second-order valence-corrected chi connectivity index (χ2v) is 5.35. The summed E-state index contributed by atoms with van der Waals surface area (Å²) >= 11 is 0. The van der Waals surface area contributed by atoms with E-state index in [4.69, 9.17) is 4.74 Å². The molecule has 0 spiro atoms. The van der Waals surface area contributed by atoms with Crippen LogP contribution in [0.5, 0.6) is 11.5 Å². The van der Waals surface area contributed by atoms with Crippen LogP contribution in [-0.2, 0) is 25.5 Å². The number of esters is 1. The van der Waals surface area contributed by atoms with Gasteiger partial charge in [-0.3, -0.25) is 9.59 Å². The Morgan fingerprint density at radius 2 is 2.00 bits per heavy atom. The SMILES string of the molecule is C/C=C(/C=O)[C@@H](CCC=O)CC(=O)OCCc1ccc(O)c(O)c1. The van der Waals surface area contributed by atoms with Gasteiger partial charge in [0, 0.05) is 12.8 Å². The third-order valence-corrected chi connectivity index (χ3v) is 3.68. The molecule has 0 saturated heterocycles. The number of aromatic hydroxyl groups is 2. The second kappa shape index (κ2) is 10.2. The summed E-state index contributed by atoms with van der Waals surface area (Å²) in [5.41, 5.74) is 1.20. The molecule has 0 aliphatic heterocycles. The van der Waals surface area contributed by atoms with Gasteiger partial charge in [-0.25, -0.2) is 0 Å². The van der Waals surface area contributed by atoms with Crippen molar-refractivity contribution in [2.24, 2.45) is 5.92 Å². The molecule has 6 heteroatoms. The maximum absolute atomic E-state index is 11.9. The number of carbonyl (C=O) groups excluding carboxylic acids is 3. The lowest BCUT2D eigenvalue weighted by Crippen LogP contribution is -2.16. The molecule has 1 atom stereocenters. The van der Waals surface area contributed by atoms with Gasteiger partial charge in [0.05, 0.1) is 13.0 Å². The fraction of sp³-hybridized carbons (Fsp3) is 0.389. The summed E-state index contributed by atoms with van der Waals surface area (Å²) in [6.07, 6.45) is 4.21. The van der Waals surface area contributed by atoms with Crippen molar-refractivity contribution in [3.63, 3.8) is 0 Å². The molecule has 0 unspecified atom stereocenters. The lowest BCUT2D eigenvalue weighted by Gasteiger charge is -2.15. The number of hydrogen-bond donors (Lipinski definition) is 2. The third-order valence-electron chi connectivity index (χ3n) is 3.68. The zero-order valence-corrected chi connectivity index (χ0v) is 13.6. The van der Waals surface area contributed by atoms with Crippen molar-refractivity contribution >= 4 is 18.5 Å². The summed E-state index contributed by atoms with van der Waals surface area (Å²) in [6.45, 7) is 1.83. The minimum absolute atomic E-state index is 0.0348. The van der Waals surface area contributed by atoms with E-state index in [1.165, 1.54) is 12.1 Å². The minimum atomic E-state index is -0.449. The van der Waals surface area contributed by atoms with E-state index in [0.717, 1.165) is 11.8 Å². The predicted octanol–water partition coefficient (Wildman–Crippen LogP) is 2.31. The van der Waals surface area contributed by atoms with Crippen molar-refractivity contribution < 1.29 is 29.3 Å². The quantitative estimate of drug-likeness (QED) is 0.295. The van der Waals surface area contributed by atoms with Crippen molar-refractivity contribution in [2.75, 3.05) is 6.61 Å². The van der Waals surface area contributed by atoms with Gasteiger partial charge >= 0.3 is 5.97 Å². The Labute approximate surface area is 140 Å². The van der Waals surface area contributed by atoms with E-state index in [2.05, 4.69) is 0 Å². The van der Waals surface area contributed by atoms with E-state index in [0.29, 0.717) is 24.7 Å². The topological polar surface area (TPSA) is 101 Å². The number of phenolic OH excluding ortho intramolecular Hbond substituents is 2. The molecule has 1 aromatic rings. The second-order valence-electron chi connectivity index (χ2n) is 5.35. The molecule has 24 heavy (non-hydrogen) atoms. The molecule has 130 valence electrons. The number of phenols is 2. The summed E-state index contributed by atoms with van der Waals surface area (Å²) in [4.78, 5) is 33.5. The molecule has 0 saturated carbocycles. The van der Waals surface area contributed by atoms with Crippen molar-refractivity contribution in [3.05, 3.63) is 35.4 Å². The van der Waals surface area contributed by atoms with Crippen LogP contribution < -0.4 is 0 Å². The molecule has 1 rings (SSSR count). The molecule has 0 aromatic heterocycles. The summed E-state index contributed by atoms with van der Waals surface area (Å²) in [5.74, 6) is -1.21. The Morgan fingerprint density at radius 3 is 2.58 bits per heavy atom. The highest BCUT2D eigenvalue weighted by atomic mass is 16.5. The Hall–Kier alpha value is -2.63. The van der Waals surface area contributed by atoms with Gasteiger partial charge in [0.1, 0.15) is 12.6 Å². The largest absolute Gasteiger partial charge is 0.504 e. The summed E-state index contributed by atoms with van der Waals surface area (Å²) in [6, 6.07) is 4.39. The molecule has 0 amide bonds. The average molecular weight is 334 g/mol. The van der Waals surface area contributed by atoms with Crippen LogP contribution in [0.3, 0.4) is 0 Å². The first-order valence-electron chi connectivity index (χ1n) is 7.73. The first-order valence-corrected chi connectivity index (χ1v) is 7.73. The Bertz CT molecular complexity index is 606. The summed E-state index contributed by atoms with van der Waals surface area (Å²) in [5, 5.41) is 18.6. The highest BCUT2D eigenvalue weighted by Gasteiger charge is 2.18. The van der Waals surface area contributed by atoms with Gasteiger partial charge < -0.3 is 19.7 Å². The van der Waals surface area contributed by atoms with E-state index >= 15 is 0 Å². The monoisotopic (exact) mass is 334 g/mol. The van der Waals surface area contributed by atoms with Crippen LogP contribution in [0.4, 0.5) is 0 Å². The van der Waals surface area contributed by atoms with Gasteiger partial charge in [-0.2, -0.15) is 0 Å². The zero-order chi connectivity index (χ0) is 17.9. The van der Waals surface area contributed by atoms with E-state index in [1.54, 1.807) is 19.1 Å². The molecule has 0 aliphatic rings. The summed E-state index contributed by atoms with van der Waals surface area (Å²) in [7, 11) is 0. The van der Waals surface area contributed by atoms with Crippen LogP contribution >= 0.6 is 0 Å². The van der Waals surface area contributed by atoms with Crippen molar-refractivity contribution in [2.45, 2.75) is 32.6 Å². The van der Waals surface area contributed by atoms with Gasteiger partial charge in [-0.15, -0.1) is 0 Å². The molecular weight excluding hydrogens is 312 g/mol. The molecule has 0 fully saturated rings. The minimum Gasteiger partial charge on any atom is -0.504 e. The van der Waals surface area contributed by atoms with Crippen molar-refractivity contribution in [3.8, 4) is 11.5 Å². The third kappa shape index (κ3) is 6.24. The number of allylic oxidation sites excluding steroid dienone is 2. The number of benzene rings is 1. The normalized spacial score (nSPS) is 12.5. The van der Waals surface area contributed by atoms with Crippen LogP contribution in [0.1, 0.15) is 31.7 Å². The van der Waals surface area contributed by atoms with E-state index in [1.807, 2.05) is 0 Å². The van der Waals surface area contributed by atoms with Gasteiger partial charge in [-0.05, 0) is 42.5 Å². The smallest absolute Gasteiger partial charge is 0.306 e. The number of ether oxygens (including phenoxy) is 1. The number of aldehydes is 2. The first-order chi connectivity index (χ1) is 11.5. The molecule has 0 bridgehead atoms. The number of carbonyl (C=O) groups is 3. The molecule has 2 N–H and O–H groups in total. The first kappa shape index (κ1) is 19.4. The predicted molar refractivity (Wildman–Crippen MR) is 87.7 cm³/mol. The Kier molecular flexibility index (Phi) is 8.25. The van der Waals surface area contributed by atoms with Gasteiger partial charge in [-0.1, -0.05) is 12.1 Å². The summed E-state index contributed by atoms with van der Waals surface area (Å²) < 4.78 is 5.15. The molecule has 0 aliphatic carbocycles. The molecule has 0 heterocycles. The lowest BCUT2D eigenvalue weighted by atomic mass is 9.91. The standard InChI is InChI=1S/C18H22O6/c1-2-14(12-20)15(4-3-8-19)11-18(23)24-9-7-13-5-6-16(21)17(22)10-13/h2,5-6,8,10,12,15,21-22H,3-4,7,9,11H2,1H3/b14-2-/t15-/m0/s1. The fourth-order valence-electron chi connectivity index (χ4n) is 2.32. The Balaban J connectivity index is 2.51. The number of rotatable bonds is 10. The number of hydrogen-bond acceptors (Lipinski definition) is 6. The lowest BCUT2D eigenvalue weighted by molar-refractivity contribution is -0.144.